The Balaban J connectivity index is 2.17. The second-order valence-electron chi connectivity index (χ2n) is 6.17. The minimum Gasteiger partial charge on any atom is -0.0820 e. The Kier molecular flexibility index (Phi) is 4.01. The molecule has 2 bridgehead atoms. The highest BCUT2D eigenvalue weighted by molar-refractivity contribution is 14.1. The molecule has 0 aliphatic heterocycles. The maximum absolute atomic E-state index is 2.75. The van der Waals surface area contributed by atoms with Crippen molar-refractivity contribution in [2.75, 3.05) is 0 Å². The molecule has 0 aromatic rings. The minimum atomic E-state index is 0.938. The molecule has 15 heavy (non-hydrogen) atoms. The van der Waals surface area contributed by atoms with Gasteiger partial charge in [-0.1, -0.05) is 49.8 Å². The van der Waals surface area contributed by atoms with Crippen LogP contribution in [0, 0.1) is 29.6 Å². The summed E-state index contributed by atoms with van der Waals surface area (Å²) in [5, 5.41) is 0. The van der Waals surface area contributed by atoms with Gasteiger partial charge >= 0.3 is 0 Å². The Morgan fingerprint density at radius 2 is 1.80 bits per heavy atom. The molecule has 0 amide bonds. The summed E-state index contributed by atoms with van der Waals surface area (Å²) in [6.45, 7) is 7.37. The lowest BCUT2D eigenvalue weighted by molar-refractivity contribution is 0.168. The van der Waals surface area contributed by atoms with Crippen molar-refractivity contribution >= 4 is 22.6 Å². The van der Waals surface area contributed by atoms with Crippen molar-refractivity contribution in [1.82, 2.24) is 0 Å². The molecular formula is C14H25I. The van der Waals surface area contributed by atoms with Crippen molar-refractivity contribution in [3.05, 3.63) is 0 Å². The topological polar surface area (TPSA) is 0 Å². The van der Waals surface area contributed by atoms with Gasteiger partial charge in [-0.25, -0.2) is 0 Å². The van der Waals surface area contributed by atoms with E-state index in [-0.39, 0.29) is 0 Å². The van der Waals surface area contributed by atoms with E-state index in [1.165, 1.54) is 25.7 Å². The van der Waals surface area contributed by atoms with E-state index in [9.17, 15) is 0 Å². The molecule has 0 N–H and O–H groups in total. The van der Waals surface area contributed by atoms with Crippen LogP contribution in [0.1, 0.15) is 52.9 Å². The third-order valence-corrected chi connectivity index (χ3v) is 6.96. The fourth-order valence-electron chi connectivity index (χ4n) is 4.24. The summed E-state index contributed by atoms with van der Waals surface area (Å²) in [5.41, 5.74) is 0. The number of halogens is 1. The standard InChI is InChI=1S/C14H25I/c1-4-13-12-6-9(2)5-11(8-12)7-10(3)14(13)15/h9-14H,4-8H2,1-3H3/t9?,10-,11?,12?,13?,14?/m0/s1. The van der Waals surface area contributed by atoms with Crippen LogP contribution in [0.15, 0.2) is 0 Å². The van der Waals surface area contributed by atoms with Gasteiger partial charge in [-0.05, 0) is 55.3 Å². The number of fused-ring (bicyclic) bond motifs is 2. The van der Waals surface area contributed by atoms with Crippen LogP contribution in [0.25, 0.3) is 0 Å². The summed E-state index contributed by atoms with van der Waals surface area (Å²) in [4.78, 5) is 0. The monoisotopic (exact) mass is 320 g/mol. The Morgan fingerprint density at radius 1 is 1.07 bits per heavy atom. The third kappa shape index (κ3) is 2.53. The molecule has 0 aromatic heterocycles. The Bertz CT molecular complexity index is 213. The van der Waals surface area contributed by atoms with Crippen LogP contribution in [0.5, 0.6) is 0 Å². The molecule has 5 unspecified atom stereocenters. The molecule has 2 rings (SSSR count). The van der Waals surface area contributed by atoms with Crippen molar-refractivity contribution in [1.29, 1.82) is 0 Å². The average molecular weight is 320 g/mol. The maximum Gasteiger partial charge on any atom is 0.0166 e. The Labute approximate surface area is 109 Å². The summed E-state index contributed by atoms with van der Waals surface area (Å²) < 4.78 is 0.938. The number of alkyl halides is 1. The van der Waals surface area contributed by atoms with Crippen LogP contribution in [-0.4, -0.2) is 3.92 Å². The van der Waals surface area contributed by atoms with Gasteiger partial charge in [0, 0.05) is 3.92 Å². The lowest BCUT2D eigenvalue weighted by Crippen LogP contribution is -2.28. The molecule has 0 saturated heterocycles. The molecule has 2 saturated carbocycles. The van der Waals surface area contributed by atoms with E-state index in [4.69, 9.17) is 0 Å². The van der Waals surface area contributed by atoms with Crippen molar-refractivity contribution in [2.24, 2.45) is 29.6 Å². The first-order valence-corrected chi connectivity index (χ1v) is 8.00. The first kappa shape index (κ1) is 12.2. The van der Waals surface area contributed by atoms with Crippen molar-refractivity contribution in [3.63, 3.8) is 0 Å². The smallest absolute Gasteiger partial charge is 0.0166 e. The fourth-order valence-corrected chi connectivity index (χ4v) is 5.63. The molecule has 0 heterocycles. The molecule has 0 radical (unpaired) electrons. The molecule has 0 nitrogen and oxygen atoms in total. The zero-order valence-corrected chi connectivity index (χ0v) is 12.5. The summed E-state index contributed by atoms with van der Waals surface area (Å²) in [7, 11) is 0. The highest BCUT2D eigenvalue weighted by atomic mass is 127. The van der Waals surface area contributed by atoms with Crippen LogP contribution < -0.4 is 0 Å². The zero-order chi connectivity index (χ0) is 11.0. The van der Waals surface area contributed by atoms with Crippen LogP contribution in [0.4, 0.5) is 0 Å². The van der Waals surface area contributed by atoms with Gasteiger partial charge < -0.3 is 0 Å². The van der Waals surface area contributed by atoms with Crippen LogP contribution in [0.2, 0.25) is 0 Å². The van der Waals surface area contributed by atoms with Crippen molar-refractivity contribution in [2.45, 2.75) is 56.8 Å². The van der Waals surface area contributed by atoms with Gasteiger partial charge in [0.15, 0.2) is 0 Å². The summed E-state index contributed by atoms with van der Waals surface area (Å²) in [6.07, 6.45) is 7.49. The predicted octanol–water partition coefficient (Wildman–Crippen LogP) is 4.91. The largest absolute Gasteiger partial charge is 0.0820 e. The number of hydrogen-bond donors (Lipinski definition) is 0. The second kappa shape index (κ2) is 4.93. The first-order chi connectivity index (χ1) is 7.11. The van der Waals surface area contributed by atoms with Gasteiger partial charge in [0.2, 0.25) is 0 Å². The predicted molar refractivity (Wildman–Crippen MR) is 75.4 cm³/mol. The quantitative estimate of drug-likeness (QED) is 0.476. The van der Waals surface area contributed by atoms with E-state index < -0.39 is 0 Å². The first-order valence-electron chi connectivity index (χ1n) is 6.75. The molecule has 0 aromatic carbocycles. The lowest BCUT2D eigenvalue weighted by atomic mass is 9.71. The highest BCUT2D eigenvalue weighted by Gasteiger charge is 2.39. The van der Waals surface area contributed by atoms with Gasteiger partial charge in [0.25, 0.3) is 0 Å². The van der Waals surface area contributed by atoms with Crippen LogP contribution in [0.3, 0.4) is 0 Å². The second-order valence-corrected chi connectivity index (χ2v) is 7.61. The van der Waals surface area contributed by atoms with Crippen molar-refractivity contribution < 1.29 is 0 Å². The Hall–Kier alpha value is 0.730. The zero-order valence-electron chi connectivity index (χ0n) is 10.4. The van der Waals surface area contributed by atoms with E-state index >= 15 is 0 Å². The molecule has 2 fully saturated rings. The number of rotatable bonds is 1. The third-order valence-electron chi connectivity index (χ3n) is 4.81. The molecule has 2 aliphatic rings. The molecule has 6 atom stereocenters. The van der Waals surface area contributed by atoms with E-state index in [0.29, 0.717) is 0 Å². The average Bonchev–Trinajstić information content (AvgIpc) is 2.24. The van der Waals surface area contributed by atoms with Crippen LogP contribution in [-0.2, 0) is 0 Å². The summed E-state index contributed by atoms with van der Waals surface area (Å²) in [6, 6.07) is 0. The summed E-state index contributed by atoms with van der Waals surface area (Å²) >= 11 is 2.75. The van der Waals surface area contributed by atoms with Gasteiger partial charge in [0.05, 0.1) is 0 Å². The molecule has 0 spiro atoms. The molecule has 2 aliphatic carbocycles. The van der Waals surface area contributed by atoms with Gasteiger partial charge in [-0.3, -0.25) is 0 Å². The number of hydrogen-bond acceptors (Lipinski definition) is 0. The minimum absolute atomic E-state index is 0.938. The molecular weight excluding hydrogens is 295 g/mol. The van der Waals surface area contributed by atoms with E-state index in [2.05, 4.69) is 43.4 Å². The van der Waals surface area contributed by atoms with Crippen LogP contribution >= 0.6 is 22.6 Å². The van der Waals surface area contributed by atoms with E-state index in [1.54, 1.807) is 6.42 Å². The SMILES string of the molecule is CCC1C2CC(C)CC(C2)C[C@H](C)C1I. The van der Waals surface area contributed by atoms with Gasteiger partial charge in [-0.2, -0.15) is 0 Å². The van der Waals surface area contributed by atoms with Gasteiger partial charge in [0.1, 0.15) is 0 Å². The van der Waals surface area contributed by atoms with E-state index in [0.717, 1.165) is 33.5 Å². The summed E-state index contributed by atoms with van der Waals surface area (Å²) in [5.74, 6) is 5.07. The van der Waals surface area contributed by atoms with Crippen molar-refractivity contribution in [3.8, 4) is 0 Å². The maximum atomic E-state index is 2.75. The fraction of sp³-hybridized carbons (Fsp3) is 1.00. The lowest BCUT2D eigenvalue weighted by Gasteiger charge is -2.35. The highest BCUT2D eigenvalue weighted by Crippen LogP contribution is 2.48. The Morgan fingerprint density at radius 3 is 2.47 bits per heavy atom. The normalized spacial score (nSPS) is 51.2. The molecule has 1 heteroatoms. The van der Waals surface area contributed by atoms with Gasteiger partial charge in [-0.15, -0.1) is 0 Å². The van der Waals surface area contributed by atoms with E-state index in [1.807, 2.05) is 0 Å². The molecule has 88 valence electrons.